The molecule has 2 N–H and O–H groups in total. The molecule has 0 fully saturated rings. The summed E-state index contributed by atoms with van der Waals surface area (Å²) in [5.41, 5.74) is 7.88. The van der Waals surface area contributed by atoms with Crippen LogP contribution in [-0.2, 0) is 11.2 Å². The van der Waals surface area contributed by atoms with Gasteiger partial charge in [0, 0.05) is 13.0 Å². The molecule has 4 heteroatoms. The number of benzene rings is 1. The number of likely N-dealkylation sites (N-methyl/N-ethyl adjacent to an activating group) is 1. The van der Waals surface area contributed by atoms with Gasteiger partial charge in [-0.2, -0.15) is 0 Å². The third-order valence-corrected chi connectivity index (χ3v) is 2.92. The molecule has 0 bridgehead atoms. The Labute approximate surface area is 114 Å². The second-order valence-corrected chi connectivity index (χ2v) is 4.89. The van der Waals surface area contributed by atoms with Crippen LogP contribution in [0.4, 0.5) is 0 Å². The molecule has 1 amide bonds. The maximum Gasteiger partial charge on any atom is 0.223 e. The molecule has 0 aromatic heterocycles. The fourth-order valence-electron chi connectivity index (χ4n) is 1.84. The average Bonchev–Trinajstić information content (AvgIpc) is 2.33. The predicted molar refractivity (Wildman–Crippen MR) is 78.5 cm³/mol. The van der Waals surface area contributed by atoms with Crippen molar-refractivity contribution in [1.82, 2.24) is 4.90 Å². The molecule has 98 valence electrons. The molecule has 18 heavy (non-hydrogen) atoms. The van der Waals surface area contributed by atoms with Crippen molar-refractivity contribution in [2.24, 2.45) is 5.73 Å². The van der Waals surface area contributed by atoms with Crippen LogP contribution in [0.5, 0.6) is 0 Å². The Hall–Kier alpha value is -1.42. The summed E-state index contributed by atoms with van der Waals surface area (Å²) in [5.74, 6) is 0.104. The number of aryl methyl sites for hydroxylation is 2. The number of hydrogen-bond donors (Lipinski definition) is 1. The fourth-order valence-corrected chi connectivity index (χ4v) is 2.00. The number of amides is 1. The van der Waals surface area contributed by atoms with Crippen molar-refractivity contribution < 1.29 is 4.79 Å². The number of carbonyl (C=O) groups is 1. The van der Waals surface area contributed by atoms with E-state index in [1.807, 2.05) is 19.1 Å². The lowest BCUT2D eigenvalue weighted by Crippen LogP contribution is -2.37. The number of nitrogens with two attached hydrogens (primary N) is 1. The number of rotatable bonds is 6. The number of carbonyl (C=O) groups excluding carboxylic acids is 1. The van der Waals surface area contributed by atoms with Gasteiger partial charge in [-0.1, -0.05) is 42.0 Å². The van der Waals surface area contributed by atoms with Crippen LogP contribution in [0.25, 0.3) is 0 Å². The summed E-state index contributed by atoms with van der Waals surface area (Å²) in [6, 6.07) is 8.22. The Bertz CT molecular complexity index is 432. The van der Waals surface area contributed by atoms with Gasteiger partial charge >= 0.3 is 0 Å². The summed E-state index contributed by atoms with van der Waals surface area (Å²) in [6.45, 7) is 5.00. The molecular formula is C14H20N2OS. The van der Waals surface area contributed by atoms with Crippen LogP contribution >= 0.6 is 12.2 Å². The topological polar surface area (TPSA) is 46.3 Å². The third-order valence-electron chi connectivity index (χ3n) is 2.79. The van der Waals surface area contributed by atoms with Crippen LogP contribution in [0.1, 0.15) is 24.5 Å². The standard InChI is InChI=1S/C14H20N2OS/c1-3-16(10-13(15)18)14(17)8-7-12-6-4-5-11(2)9-12/h4-6,9H,3,7-8,10H2,1-2H3,(H2,15,18). The summed E-state index contributed by atoms with van der Waals surface area (Å²) in [5, 5.41) is 0. The van der Waals surface area contributed by atoms with Gasteiger partial charge in [0.25, 0.3) is 0 Å². The number of nitrogens with zero attached hydrogens (tertiary/aromatic N) is 1. The van der Waals surface area contributed by atoms with Gasteiger partial charge in [-0.15, -0.1) is 0 Å². The Balaban J connectivity index is 2.51. The molecule has 1 aromatic rings. The van der Waals surface area contributed by atoms with Gasteiger partial charge in [0.15, 0.2) is 0 Å². The molecule has 0 spiro atoms. The lowest BCUT2D eigenvalue weighted by molar-refractivity contribution is -0.130. The zero-order valence-electron chi connectivity index (χ0n) is 11.0. The number of thiocarbonyl (C=S) groups is 1. The molecule has 0 saturated heterocycles. The SMILES string of the molecule is CCN(CC(N)=S)C(=O)CCc1cccc(C)c1. The van der Waals surface area contributed by atoms with Crippen molar-refractivity contribution in [2.75, 3.05) is 13.1 Å². The van der Waals surface area contributed by atoms with Gasteiger partial charge in [0.1, 0.15) is 0 Å². The van der Waals surface area contributed by atoms with E-state index in [0.717, 1.165) is 6.42 Å². The normalized spacial score (nSPS) is 10.1. The minimum absolute atomic E-state index is 0.104. The molecular weight excluding hydrogens is 244 g/mol. The van der Waals surface area contributed by atoms with E-state index in [-0.39, 0.29) is 5.91 Å². The highest BCUT2D eigenvalue weighted by Gasteiger charge is 2.12. The van der Waals surface area contributed by atoms with Gasteiger partial charge in [0.05, 0.1) is 11.5 Å². The van der Waals surface area contributed by atoms with E-state index in [9.17, 15) is 4.79 Å². The second-order valence-electron chi connectivity index (χ2n) is 4.36. The maximum absolute atomic E-state index is 12.0. The minimum Gasteiger partial charge on any atom is -0.392 e. The van der Waals surface area contributed by atoms with Crippen molar-refractivity contribution in [2.45, 2.75) is 26.7 Å². The van der Waals surface area contributed by atoms with Crippen LogP contribution in [0.3, 0.4) is 0 Å². The molecule has 0 aliphatic carbocycles. The molecule has 0 atom stereocenters. The third kappa shape index (κ3) is 4.84. The highest BCUT2D eigenvalue weighted by Crippen LogP contribution is 2.08. The van der Waals surface area contributed by atoms with Crippen molar-refractivity contribution in [3.05, 3.63) is 35.4 Å². The molecule has 0 radical (unpaired) electrons. The lowest BCUT2D eigenvalue weighted by Gasteiger charge is -2.20. The molecule has 0 heterocycles. The van der Waals surface area contributed by atoms with E-state index < -0.39 is 0 Å². The van der Waals surface area contributed by atoms with Gasteiger partial charge in [0.2, 0.25) is 5.91 Å². The first-order valence-corrected chi connectivity index (χ1v) is 6.55. The Morgan fingerprint density at radius 3 is 2.72 bits per heavy atom. The van der Waals surface area contributed by atoms with Crippen molar-refractivity contribution in [3.63, 3.8) is 0 Å². The predicted octanol–water partition coefficient (Wildman–Crippen LogP) is 2.06. The Kier molecular flexibility index (Phi) is 5.78. The summed E-state index contributed by atoms with van der Waals surface area (Å²) >= 11 is 4.84. The average molecular weight is 264 g/mol. The number of hydrogen-bond acceptors (Lipinski definition) is 2. The maximum atomic E-state index is 12.0. The van der Waals surface area contributed by atoms with Gasteiger partial charge in [-0.3, -0.25) is 4.79 Å². The molecule has 0 aliphatic rings. The highest BCUT2D eigenvalue weighted by molar-refractivity contribution is 7.80. The van der Waals surface area contributed by atoms with Gasteiger partial charge < -0.3 is 10.6 Å². The highest BCUT2D eigenvalue weighted by atomic mass is 32.1. The Morgan fingerprint density at radius 1 is 1.44 bits per heavy atom. The van der Waals surface area contributed by atoms with E-state index in [2.05, 4.69) is 19.1 Å². The Morgan fingerprint density at radius 2 is 2.17 bits per heavy atom. The van der Waals surface area contributed by atoms with Crippen LogP contribution < -0.4 is 5.73 Å². The van der Waals surface area contributed by atoms with E-state index in [1.165, 1.54) is 11.1 Å². The summed E-state index contributed by atoms with van der Waals surface area (Å²) < 4.78 is 0. The minimum atomic E-state index is 0.104. The molecule has 1 rings (SSSR count). The second kappa shape index (κ2) is 7.11. The largest absolute Gasteiger partial charge is 0.392 e. The van der Waals surface area contributed by atoms with Gasteiger partial charge in [-0.25, -0.2) is 0 Å². The van der Waals surface area contributed by atoms with Gasteiger partial charge in [-0.05, 0) is 25.8 Å². The van der Waals surface area contributed by atoms with Crippen LogP contribution in [0.2, 0.25) is 0 Å². The molecule has 0 unspecified atom stereocenters. The van der Waals surface area contributed by atoms with Crippen molar-refractivity contribution >= 4 is 23.1 Å². The van der Waals surface area contributed by atoms with Crippen molar-refractivity contribution in [1.29, 1.82) is 0 Å². The summed E-state index contributed by atoms with van der Waals surface area (Å²) in [6.07, 6.45) is 1.26. The monoisotopic (exact) mass is 264 g/mol. The quantitative estimate of drug-likeness (QED) is 0.800. The fraction of sp³-hybridized carbons (Fsp3) is 0.429. The van der Waals surface area contributed by atoms with Crippen molar-refractivity contribution in [3.8, 4) is 0 Å². The first-order valence-electron chi connectivity index (χ1n) is 6.14. The molecule has 3 nitrogen and oxygen atoms in total. The smallest absolute Gasteiger partial charge is 0.223 e. The first kappa shape index (κ1) is 14.6. The van der Waals surface area contributed by atoms with Crippen LogP contribution in [-0.4, -0.2) is 28.9 Å². The zero-order chi connectivity index (χ0) is 13.5. The van der Waals surface area contributed by atoms with E-state index >= 15 is 0 Å². The molecule has 0 saturated carbocycles. The lowest BCUT2D eigenvalue weighted by atomic mass is 10.1. The van der Waals surface area contributed by atoms with E-state index in [4.69, 9.17) is 18.0 Å². The summed E-state index contributed by atoms with van der Waals surface area (Å²) in [4.78, 5) is 14.0. The van der Waals surface area contributed by atoms with E-state index in [1.54, 1.807) is 4.90 Å². The van der Waals surface area contributed by atoms with Crippen LogP contribution in [0, 0.1) is 6.92 Å². The van der Waals surface area contributed by atoms with Crippen LogP contribution in [0.15, 0.2) is 24.3 Å². The first-order chi connectivity index (χ1) is 8.52. The molecule has 0 aliphatic heterocycles. The summed E-state index contributed by atoms with van der Waals surface area (Å²) in [7, 11) is 0. The van der Waals surface area contributed by atoms with E-state index in [0.29, 0.717) is 24.5 Å². The molecule has 1 aromatic carbocycles. The zero-order valence-corrected chi connectivity index (χ0v) is 11.8.